The summed E-state index contributed by atoms with van der Waals surface area (Å²) in [4.78, 5) is 30.5. The number of carbonyl (C=O) groups excluding carboxylic acids is 1. The summed E-state index contributed by atoms with van der Waals surface area (Å²) in [6, 6.07) is -0.901. The number of phosphoric acid groups is 1. The third-order valence-electron chi connectivity index (χ3n) is 7.00. The Labute approximate surface area is 233 Å². The lowest BCUT2D eigenvalue weighted by molar-refractivity contribution is -0.123. The molecule has 0 aromatic carbocycles. The average Bonchev–Trinajstić information content (AvgIpc) is 2.87. The molecule has 0 aromatic rings. The van der Waals surface area contributed by atoms with E-state index < -0.39 is 26.6 Å². The van der Waals surface area contributed by atoms with Crippen LogP contribution in [0.25, 0.3) is 0 Å². The quantitative estimate of drug-likeness (QED) is 0.0435. The van der Waals surface area contributed by atoms with Crippen molar-refractivity contribution in [3.63, 3.8) is 0 Å². The number of hydrogen-bond donors (Lipinski definition) is 4. The smallest absolute Gasteiger partial charge is 0.387 e. The predicted molar refractivity (Wildman–Crippen MR) is 158 cm³/mol. The van der Waals surface area contributed by atoms with Crippen LogP contribution in [0.2, 0.25) is 0 Å². The fourth-order valence-electron chi connectivity index (χ4n) is 4.57. The Morgan fingerprint density at radius 2 is 1.16 bits per heavy atom. The molecule has 0 aliphatic heterocycles. The Morgan fingerprint density at radius 1 is 0.737 bits per heavy atom. The highest BCUT2D eigenvalue weighted by Crippen LogP contribution is 2.35. The maximum absolute atomic E-state index is 12.4. The minimum Gasteiger partial charge on any atom is -0.387 e. The highest BCUT2D eigenvalue weighted by atomic mass is 31.2. The molecular weight excluding hydrogens is 501 g/mol. The van der Waals surface area contributed by atoms with E-state index in [2.05, 4.69) is 23.7 Å². The largest absolute Gasteiger partial charge is 0.469 e. The van der Waals surface area contributed by atoms with E-state index in [-0.39, 0.29) is 5.91 Å². The van der Waals surface area contributed by atoms with Crippen LogP contribution in [0.5, 0.6) is 0 Å². The van der Waals surface area contributed by atoms with Crippen LogP contribution < -0.4 is 5.32 Å². The lowest BCUT2D eigenvalue weighted by Crippen LogP contribution is -2.45. The van der Waals surface area contributed by atoms with Crippen LogP contribution in [0.3, 0.4) is 0 Å². The number of aliphatic hydroxyl groups excluding tert-OH is 1. The third kappa shape index (κ3) is 26.9. The van der Waals surface area contributed by atoms with E-state index in [1.165, 1.54) is 96.3 Å². The predicted octanol–water partition coefficient (Wildman–Crippen LogP) is 8.12. The zero-order valence-electron chi connectivity index (χ0n) is 24.6. The van der Waals surface area contributed by atoms with Crippen molar-refractivity contribution in [2.45, 2.75) is 167 Å². The van der Waals surface area contributed by atoms with Gasteiger partial charge in [0, 0.05) is 6.42 Å². The first-order valence-electron chi connectivity index (χ1n) is 15.6. The Morgan fingerprint density at radius 3 is 1.61 bits per heavy atom. The molecule has 226 valence electrons. The van der Waals surface area contributed by atoms with Crippen LogP contribution in [0.15, 0.2) is 12.2 Å². The summed E-state index contributed by atoms with van der Waals surface area (Å²) in [6.45, 7) is 4.01. The molecule has 0 aromatic heterocycles. The molecule has 0 aliphatic carbocycles. The zero-order valence-corrected chi connectivity index (χ0v) is 25.5. The van der Waals surface area contributed by atoms with Crippen LogP contribution >= 0.6 is 7.82 Å². The maximum Gasteiger partial charge on any atom is 0.469 e. The van der Waals surface area contributed by atoms with Crippen molar-refractivity contribution < 1.29 is 28.8 Å². The Kier molecular flexibility index (Phi) is 26.0. The van der Waals surface area contributed by atoms with Gasteiger partial charge in [-0.1, -0.05) is 142 Å². The maximum atomic E-state index is 12.4. The minimum atomic E-state index is -4.69. The molecule has 38 heavy (non-hydrogen) atoms. The summed E-state index contributed by atoms with van der Waals surface area (Å²) in [5, 5.41) is 13.2. The molecule has 0 saturated carbocycles. The van der Waals surface area contributed by atoms with Gasteiger partial charge in [-0.25, -0.2) is 4.57 Å². The second-order valence-corrected chi connectivity index (χ2v) is 12.0. The van der Waals surface area contributed by atoms with Gasteiger partial charge in [0.2, 0.25) is 5.91 Å². The van der Waals surface area contributed by atoms with Crippen molar-refractivity contribution >= 4 is 13.7 Å². The summed E-state index contributed by atoms with van der Waals surface area (Å²) in [5.41, 5.74) is 0. The molecule has 0 spiro atoms. The number of phosphoric ester groups is 1. The van der Waals surface area contributed by atoms with Crippen LogP contribution in [-0.4, -0.2) is 39.6 Å². The number of unbranched alkanes of at least 4 members (excludes halogenated alkanes) is 19. The average molecular weight is 562 g/mol. The first-order chi connectivity index (χ1) is 18.3. The zero-order chi connectivity index (χ0) is 28.3. The van der Waals surface area contributed by atoms with Crippen molar-refractivity contribution in [1.82, 2.24) is 5.32 Å². The first-order valence-corrected chi connectivity index (χ1v) is 17.2. The Balaban J connectivity index is 4.15. The van der Waals surface area contributed by atoms with E-state index in [0.717, 1.165) is 38.5 Å². The molecule has 4 N–H and O–H groups in total. The van der Waals surface area contributed by atoms with Crippen LogP contribution in [0.4, 0.5) is 0 Å². The SMILES string of the molecule is CCCCCCCCCCCCC/C=C/[C@@H](O)[C@H](COP(=O)(O)O)NC(=O)CCCCCCCCCCC. The Bertz CT molecular complexity index is 610. The van der Waals surface area contributed by atoms with E-state index in [0.29, 0.717) is 6.42 Å². The summed E-state index contributed by atoms with van der Waals surface area (Å²) in [5.74, 6) is -0.231. The van der Waals surface area contributed by atoms with Gasteiger partial charge in [0.25, 0.3) is 0 Å². The molecule has 0 fully saturated rings. The summed E-state index contributed by atoms with van der Waals surface area (Å²) in [6.07, 6.45) is 28.0. The van der Waals surface area contributed by atoms with Gasteiger partial charge >= 0.3 is 7.82 Å². The molecule has 0 rings (SSSR count). The number of carbonyl (C=O) groups is 1. The number of hydrogen-bond acceptors (Lipinski definition) is 4. The molecule has 0 bridgehead atoms. The lowest BCUT2D eigenvalue weighted by Gasteiger charge is -2.22. The highest BCUT2D eigenvalue weighted by molar-refractivity contribution is 7.46. The summed E-state index contributed by atoms with van der Waals surface area (Å²) in [7, 11) is -4.69. The van der Waals surface area contributed by atoms with Crippen molar-refractivity contribution in [2.75, 3.05) is 6.61 Å². The standard InChI is InChI=1S/C30H60NO6P/c1-3-5-7-9-11-13-14-15-16-18-19-21-23-25-29(32)28(27-37-38(34,35)36)31-30(33)26-24-22-20-17-12-10-8-6-4-2/h23,25,28-29,32H,3-22,24,26-27H2,1-2H3,(H,31,33)(H2,34,35,36)/b25-23+/t28-,29+/m0/s1. The minimum absolute atomic E-state index is 0.231. The number of nitrogens with one attached hydrogen (secondary N) is 1. The molecule has 0 aliphatic rings. The van der Waals surface area contributed by atoms with Crippen molar-refractivity contribution in [3.8, 4) is 0 Å². The first kappa shape index (κ1) is 37.3. The number of rotatable bonds is 28. The molecule has 0 heterocycles. The second kappa shape index (κ2) is 26.5. The van der Waals surface area contributed by atoms with E-state index in [1.807, 2.05) is 6.08 Å². The van der Waals surface area contributed by atoms with Crippen LogP contribution in [0, 0.1) is 0 Å². The van der Waals surface area contributed by atoms with Crippen molar-refractivity contribution in [2.24, 2.45) is 0 Å². The third-order valence-corrected chi connectivity index (χ3v) is 7.48. The van der Waals surface area contributed by atoms with Crippen LogP contribution in [0.1, 0.15) is 155 Å². The van der Waals surface area contributed by atoms with E-state index in [9.17, 15) is 14.5 Å². The van der Waals surface area contributed by atoms with E-state index in [1.54, 1.807) is 6.08 Å². The van der Waals surface area contributed by atoms with E-state index >= 15 is 0 Å². The van der Waals surface area contributed by atoms with Crippen molar-refractivity contribution in [3.05, 3.63) is 12.2 Å². The summed E-state index contributed by atoms with van der Waals surface area (Å²) < 4.78 is 15.7. The molecule has 2 atom stereocenters. The number of aliphatic hydroxyl groups is 1. The van der Waals surface area contributed by atoms with Gasteiger partial charge in [0.1, 0.15) is 0 Å². The highest BCUT2D eigenvalue weighted by Gasteiger charge is 2.24. The second-order valence-electron chi connectivity index (χ2n) is 10.8. The van der Waals surface area contributed by atoms with Crippen molar-refractivity contribution in [1.29, 1.82) is 0 Å². The normalized spacial score (nSPS) is 13.7. The van der Waals surface area contributed by atoms with Gasteiger partial charge < -0.3 is 20.2 Å². The molecule has 0 saturated heterocycles. The van der Waals surface area contributed by atoms with Gasteiger partial charge in [-0.3, -0.25) is 9.32 Å². The van der Waals surface area contributed by atoms with Gasteiger partial charge in [-0.05, 0) is 19.3 Å². The molecular formula is C30H60NO6P. The fourth-order valence-corrected chi connectivity index (χ4v) is 4.93. The van der Waals surface area contributed by atoms with Gasteiger partial charge in [0.15, 0.2) is 0 Å². The van der Waals surface area contributed by atoms with Gasteiger partial charge in [0.05, 0.1) is 18.8 Å². The summed E-state index contributed by atoms with van der Waals surface area (Å²) >= 11 is 0. The fraction of sp³-hybridized carbons (Fsp3) is 0.900. The Hall–Kier alpha value is -0.720. The number of amides is 1. The molecule has 0 unspecified atom stereocenters. The molecule has 7 nitrogen and oxygen atoms in total. The molecule has 0 radical (unpaired) electrons. The van der Waals surface area contributed by atoms with Gasteiger partial charge in [-0.2, -0.15) is 0 Å². The van der Waals surface area contributed by atoms with E-state index in [4.69, 9.17) is 9.79 Å². The van der Waals surface area contributed by atoms with Gasteiger partial charge in [-0.15, -0.1) is 0 Å². The molecule has 1 amide bonds. The number of allylic oxidation sites excluding steroid dienone is 1. The van der Waals surface area contributed by atoms with Crippen LogP contribution in [-0.2, 0) is 13.9 Å². The monoisotopic (exact) mass is 561 g/mol. The molecule has 8 heteroatoms. The topological polar surface area (TPSA) is 116 Å². The lowest BCUT2D eigenvalue weighted by atomic mass is 10.0.